The summed E-state index contributed by atoms with van der Waals surface area (Å²) in [5, 5.41) is 14.9. The molecule has 134 valence electrons. The van der Waals surface area contributed by atoms with Crippen molar-refractivity contribution < 1.29 is 9.53 Å². The summed E-state index contributed by atoms with van der Waals surface area (Å²) < 4.78 is 5.33. The number of amides is 1. The van der Waals surface area contributed by atoms with E-state index in [2.05, 4.69) is 20.6 Å². The van der Waals surface area contributed by atoms with E-state index in [9.17, 15) is 4.79 Å². The van der Waals surface area contributed by atoms with Crippen LogP contribution in [-0.4, -0.2) is 23.0 Å². The summed E-state index contributed by atoms with van der Waals surface area (Å²) in [5.41, 5.74) is 2.72. The van der Waals surface area contributed by atoms with E-state index in [4.69, 9.17) is 10.00 Å². The van der Waals surface area contributed by atoms with Crippen LogP contribution in [0.4, 0.5) is 17.3 Å². The molecule has 0 aliphatic heterocycles. The number of hydrogen-bond acceptors (Lipinski definition) is 6. The van der Waals surface area contributed by atoms with Gasteiger partial charge in [-0.1, -0.05) is 18.2 Å². The summed E-state index contributed by atoms with van der Waals surface area (Å²) in [7, 11) is 1.58. The molecule has 3 aromatic rings. The van der Waals surface area contributed by atoms with Crippen LogP contribution in [0.15, 0.2) is 54.7 Å². The number of benzene rings is 2. The number of methoxy groups -OCH3 is 1. The number of anilines is 3. The molecule has 7 heteroatoms. The van der Waals surface area contributed by atoms with Crippen molar-refractivity contribution in [3.05, 3.63) is 71.5 Å². The summed E-state index contributed by atoms with van der Waals surface area (Å²) in [6.45, 7) is 1.96. The second-order valence-electron chi connectivity index (χ2n) is 5.71. The largest absolute Gasteiger partial charge is 0.495 e. The third kappa shape index (κ3) is 4.19. The summed E-state index contributed by atoms with van der Waals surface area (Å²) in [6.07, 6.45) is 1.49. The molecule has 0 unspecified atom stereocenters. The van der Waals surface area contributed by atoms with Crippen molar-refractivity contribution in [1.29, 1.82) is 5.26 Å². The average molecular weight is 359 g/mol. The Balaban J connectivity index is 1.82. The van der Waals surface area contributed by atoms with Crippen LogP contribution in [0.3, 0.4) is 0 Å². The molecule has 1 aromatic heterocycles. The molecule has 0 saturated heterocycles. The van der Waals surface area contributed by atoms with Gasteiger partial charge in [-0.05, 0) is 42.8 Å². The van der Waals surface area contributed by atoms with Gasteiger partial charge in [0.1, 0.15) is 17.5 Å². The number of carbonyl (C=O) groups is 1. The van der Waals surface area contributed by atoms with Crippen molar-refractivity contribution in [2.24, 2.45) is 0 Å². The molecule has 0 radical (unpaired) electrons. The zero-order valence-corrected chi connectivity index (χ0v) is 14.9. The molecule has 0 bridgehead atoms. The van der Waals surface area contributed by atoms with Gasteiger partial charge in [0.05, 0.1) is 24.0 Å². The maximum Gasteiger partial charge on any atom is 0.274 e. The molecule has 0 fully saturated rings. The highest BCUT2D eigenvalue weighted by Crippen LogP contribution is 2.27. The van der Waals surface area contributed by atoms with Crippen LogP contribution in [0.25, 0.3) is 0 Å². The van der Waals surface area contributed by atoms with Gasteiger partial charge in [0.15, 0.2) is 0 Å². The zero-order chi connectivity index (χ0) is 19.2. The Hall–Kier alpha value is -3.92. The second-order valence-corrected chi connectivity index (χ2v) is 5.71. The van der Waals surface area contributed by atoms with Crippen LogP contribution in [0.5, 0.6) is 5.75 Å². The molecule has 0 saturated carbocycles. The fourth-order valence-electron chi connectivity index (χ4n) is 2.46. The van der Waals surface area contributed by atoms with Crippen molar-refractivity contribution >= 4 is 23.2 Å². The Morgan fingerprint density at radius 1 is 1.15 bits per heavy atom. The van der Waals surface area contributed by atoms with Crippen molar-refractivity contribution in [2.75, 3.05) is 17.7 Å². The predicted molar refractivity (Wildman–Crippen MR) is 102 cm³/mol. The van der Waals surface area contributed by atoms with Gasteiger partial charge in [0, 0.05) is 6.20 Å². The summed E-state index contributed by atoms with van der Waals surface area (Å²) in [4.78, 5) is 20.9. The van der Waals surface area contributed by atoms with Gasteiger partial charge in [-0.2, -0.15) is 5.26 Å². The Bertz CT molecular complexity index is 1030. The molecule has 0 aliphatic rings. The number of nitriles is 1. The molecular formula is C20H17N5O2. The van der Waals surface area contributed by atoms with Gasteiger partial charge in [0.2, 0.25) is 5.95 Å². The van der Waals surface area contributed by atoms with E-state index in [0.717, 1.165) is 5.56 Å². The predicted octanol–water partition coefficient (Wildman–Crippen LogP) is 3.66. The molecule has 3 rings (SSSR count). The number of ether oxygens (including phenoxy) is 1. The van der Waals surface area contributed by atoms with E-state index in [1.807, 2.05) is 31.2 Å². The van der Waals surface area contributed by atoms with Gasteiger partial charge >= 0.3 is 0 Å². The molecule has 2 aromatic carbocycles. The summed E-state index contributed by atoms with van der Waals surface area (Å²) in [5.74, 6) is 0.474. The SMILES string of the molecule is COc1ccc(C)cc1Nc1nccc(C(=O)Nc2ccccc2C#N)n1. The summed E-state index contributed by atoms with van der Waals surface area (Å²) >= 11 is 0. The molecule has 0 atom stereocenters. The number of carbonyl (C=O) groups excluding carboxylic acids is 1. The second kappa shape index (κ2) is 7.97. The van der Waals surface area contributed by atoms with E-state index in [0.29, 0.717) is 22.7 Å². The molecule has 7 nitrogen and oxygen atoms in total. The van der Waals surface area contributed by atoms with Gasteiger partial charge < -0.3 is 15.4 Å². The first-order valence-corrected chi connectivity index (χ1v) is 8.16. The van der Waals surface area contributed by atoms with E-state index < -0.39 is 5.91 Å². The highest BCUT2D eigenvalue weighted by atomic mass is 16.5. The van der Waals surface area contributed by atoms with Crippen molar-refractivity contribution in [1.82, 2.24) is 9.97 Å². The molecule has 1 amide bonds. The lowest BCUT2D eigenvalue weighted by Gasteiger charge is -2.11. The van der Waals surface area contributed by atoms with E-state index in [1.165, 1.54) is 12.3 Å². The van der Waals surface area contributed by atoms with Crippen LogP contribution in [0, 0.1) is 18.3 Å². The first-order valence-electron chi connectivity index (χ1n) is 8.16. The van der Waals surface area contributed by atoms with E-state index in [1.54, 1.807) is 31.4 Å². The van der Waals surface area contributed by atoms with Crippen molar-refractivity contribution in [3.63, 3.8) is 0 Å². The molecule has 1 heterocycles. The maximum atomic E-state index is 12.5. The first-order chi connectivity index (χ1) is 13.1. The Labute approximate surface area is 156 Å². The third-order valence-corrected chi connectivity index (χ3v) is 3.79. The fraction of sp³-hybridized carbons (Fsp3) is 0.100. The lowest BCUT2D eigenvalue weighted by atomic mass is 10.2. The lowest BCUT2D eigenvalue weighted by Crippen LogP contribution is -2.15. The standard InChI is InChI=1S/C20H17N5O2/c1-13-7-8-18(27-2)17(11-13)25-20-22-10-9-16(24-20)19(26)23-15-6-4-3-5-14(15)12-21/h3-11H,1-2H3,(H,23,26)(H,22,24,25). The minimum atomic E-state index is -0.431. The van der Waals surface area contributed by atoms with Crippen LogP contribution in [0.2, 0.25) is 0 Å². The molecule has 2 N–H and O–H groups in total. The zero-order valence-electron chi connectivity index (χ0n) is 14.9. The van der Waals surface area contributed by atoms with Crippen LogP contribution in [-0.2, 0) is 0 Å². The molecule has 0 spiro atoms. The average Bonchev–Trinajstić information content (AvgIpc) is 2.69. The van der Waals surface area contributed by atoms with Crippen molar-refractivity contribution in [2.45, 2.75) is 6.92 Å². The minimum absolute atomic E-state index is 0.173. The number of rotatable bonds is 5. The fourth-order valence-corrected chi connectivity index (χ4v) is 2.46. The first kappa shape index (κ1) is 17.9. The topological polar surface area (TPSA) is 99.9 Å². The molecule has 0 aliphatic carbocycles. The van der Waals surface area contributed by atoms with Gasteiger partial charge in [-0.25, -0.2) is 9.97 Å². The van der Waals surface area contributed by atoms with E-state index in [-0.39, 0.29) is 11.6 Å². The van der Waals surface area contributed by atoms with Gasteiger partial charge in [0.25, 0.3) is 5.91 Å². The van der Waals surface area contributed by atoms with Crippen LogP contribution >= 0.6 is 0 Å². The number of hydrogen-bond donors (Lipinski definition) is 2. The Morgan fingerprint density at radius 3 is 2.74 bits per heavy atom. The Kier molecular flexibility index (Phi) is 5.28. The third-order valence-electron chi connectivity index (χ3n) is 3.79. The highest BCUT2D eigenvalue weighted by Gasteiger charge is 2.12. The highest BCUT2D eigenvalue weighted by molar-refractivity contribution is 6.03. The minimum Gasteiger partial charge on any atom is -0.495 e. The number of para-hydroxylation sites is 1. The monoisotopic (exact) mass is 359 g/mol. The van der Waals surface area contributed by atoms with E-state index >= 15 is 0 Å². The number of nitrogens with one attached hydrogen (secondary N) is 2. The quantitative estimate of drug-likeness (QED) is 0.721. The van der Waals surface area contributed by atoms with Crippen LogP contribution < -0.4 is 15.4 Å². The molecular weight excluding hydrogens is 342 g/mol. The van der Waals surface area contributed by atoms with Gasteiger partial charge in [-0.15, -0.1) is 0 Å². The number of aromatic nitrogens is 2. The summed E-state index contributed by atoms with van der Waals surface area (Å²) in [6, 6.07) is 16.0. The lowest BCUT2D eigenvalue weighted by molar-refractivity contribution is 0.102. The normalized spacial score (nSPS) is 9.96. The maximum absolute atomic E-state index is 12.5. The van der Waals surface area contributed by atoms with Gasteiger partial charge in [-0.3, -0.25) is 4.79 Å². The van der Waals surface area contributed by atoms with Crippen LogP contribution in [0.1, 0.15) is 21.6 Å². The molecule has 27 heavy (non-hydrogen) atoms. The number of aryl methyl sites for hydroxylation is 1. The van der Waals surface area contributed by atoms with Crippen molar-refractivity contribution in [3.8, 4) is 11.8 Å². The number of nitrogens with zero attached hydrogens (tertiary/aromatic N) is 3. The smallest absolute Gasteiger partial charge is 0.274 e. The Morgan fingerprint density at radius 2 is 1.96 bits per heavy atom.